The van der Waals surface area contributed by atoms with E-state index in [1.165, 1.54) is 11.3 Å². The molecule has 0 saturated carbocycles. The zero-order chi connectivity index (χ0) is 15.8. The normalized spacial score (nSPS) is 10.2. The molecular weight excluding hydrogens is 290 g/mol. The third-order valence-electron chi connectivity index (χ3n) is 2.89. The molecule has 1 aromatic heterocycles. The number of nitrogens with zero attached hydrogens (tertiary/aromatic N) is 2. The number of hydrogen-bond acceptors (Lipinski definition) is 6. The number of amides is 2. The van der Waals surface area contributed by atoms with E-state index in [-0.39, 0.29) is 30.6 Å². The lowest BCUT2D eigenvalue weighted by Gasteiger charge is -2.16. The molecule has 4 N–H and O–H groups in total. The summed E-state index contributed by atoms with van der Waals surface area (Å²) in [6.45, 7) is 8.37. The number of aromatic nitrogens is 1. The first-order chi connectivity index (χ1) is 10.0. The minimum absolute atomic E-state index is 0.0843. The van der Waals surface area contributed by atoms with Crippen LogP contribution in [0.1, 0.15) is 36.9 Å². The van der Waals surface area contributed by atoms with E-state index in [2.05, 4.69) is 15.6 Å². The standard InChI is InChI=1S/C13H23N5O2S/c1-4-15-9(19)7-8-16-12(20)10-11(14)17-13(21-10)18(5-2)6-3/h4-8,14H2,1-3H3,(H,15,19)(H,16,20). The zero-order valence-electron chi connectivity index (χ0n) is 12.7. The third kappa shape index (κ3) is 4.89. The molecule has 118 valence electrons. The van der Waals surface area contributed by atoms with Gasteiger partial charge in [0, 0.05) is 32.6 Å². The Morgan fingerprint density at radius 1 is 1.24 bits per heavy atom. The van der Waals surface area contributed by atoms with Crippen molar-refractivity contribution in [2.45, 2.75) is 27.2 Å². The molecule has 0 aliphatic rings. The van der Waals surface area contributed by atoms with Gasteiger partial charge in [0.15, 0.2) is 5.13 Å². The van der Waals surface area contributed by atoms with Crippen LogP contribution in [0.15, 0.2) is 0 Å². The Bertz CT molecular complexity index is 485. The fraction of sp³-hybridized carbons (Fsp3) is 0.615. The van der Waals surface area contributed by atoms with Crippen molar-refractivity contribution in [1.29, 1.82) is 0 Å². The zero-order valence-corrected chi connectivity index (χ0v) is 13.5. The Morgan fingerprint density at radius 2 is 1.90 bits per heavy atom. The molecule has 8 heteroatoms. The van der Waals surface area contributed by atoms with E-state index in [0.717, 1.165) is 18.2 Å². The number of anilines is 2. The number of nitrogens with one attached hydrogen (secondary N) is 2. The summed E-state index contributed by atoms with van der Waals surface area (Å²) < 4.78 is 0. The largest absolute Gasteiger partial charge is 0.382 e. The monoisotopic (exact) mass is 313 g/mol. The second-order valence-electron chi connectivity index (χ2n) is 4.34. The van der Waals surface area contributed by atoms with Gasteiger partial charge in [-0.2, -0.15) is 0 Å². The molecule has 2 amide bonds. The van der Waals surface area contributed by atoms with Gasteiger partial charge in [0.05, 0.1) is 0 Å². The average Bonchev–Trinajstić information content (AvgIpc) is 2.82. The van der Waals surface area contributed by atoms with Crippen LogP contribution in [0, 0.1) is 0 Å². The predicted octanol–water partition coefficient (Wildman–Crippen LogP) is 0.827. The van der Waals surface area contributed by atoms with Gasteiger partial charge in [0.2, 0.25) is 5.91 Å². The Morgan fingerprint density at radius 3 is 2.48 bits per heavy atom. The summed E-state index contributed by atoms with van der Waals surface area (Å²) in [7, 11) is 0. The number of hydrogen-bond donors (Lipinski definition) is 3. The maximum atomic E-state index is 12.0. The SMILES string of the molecule is CCNC(=O)CCNC(=O)c1sc(N(CC)CC)nc1N. The molecule has 1 aromatic rings. The lowest BCUT2D eigenvalue weighted by molar-refractivity contribution is -0.120. The summed E-state index contributed by atoms with van der Waals surface area (Å²) in [6, 6.07) is 0. The highest BCUT2D eigenvalue weighted by molar-refractivity contribution is 7.18. The highest BCUT2D eigenvalue weighted by atomic mass is 32.1. The summed E-state index contributed by atoms with van der Waals surface area (Å²) >= 11 is 1.27. The summed E-state index contributed by atoms with van der Waals surface area (Å²) in [5.41, 5.74) is 5.80. The van der Waals surface area contributed by atoms with Gasteiger partial charge in [-0.3, -0.25) is 9.59 Å². The molecule has 0 spiro atoms. The first kappa shape index (κ1) is 17.2. The average molecular weight is 313 g/mol. The molecule has 0 radical (unpaired) electrons. The highest BCUT2D eigenvalue weighted by Crippen LogP contribution is 2.27. The van der Waals surface area contributed by atoms with E-state index in [1.54, 1.807) is 0 Å². The van der Waals surface area contributed by atoms with Crippen LogP contribution in [0.25, 0.3) is 0 Å². The maximum Gasteiger partial charge on any atom is 0.265 e. The maximum absolute atomic E-state index is 12.0. The van der Waals surface area contributed by atoms with Crippen molar-refractivity contribution < 1.29 is 9.59 Å². The highest BCUT2D eigenvalue weighted by Gasteiger charge is 2.18. The fourth-order valence-electron chi connectivity index (χ4n) is 1.77. The van der Waals surface area contributed by atoms with Gasteiger partial charge in [-0.1, -0.05) is 11.3 Å². The Labute approximate surface area is 128 Å². The van der Waals surface area contributed by atoms with E-state index in [4.69, 9.17) is 5.73 Å². The predicted molar refractivity (Wildman–Crippen MR) is 85.7 cm³/mol. The lowest BCUT2D eigenvalue weighted by atomic mass is 10.3. The minimum atomic E-state index is -0.285. The molecule has 0 aromatic carbocycles. The second kappa shape index (κ2) is 8.46. The first-order valence-corrected chi connectivity index (χ1v) is 7.91. The topological polar surface area (TPSA) is 100 Å². The van der Waals surface area contributed by atoms with Crippen LogP contribution in [-0.4, -0.2) is 43.0 Å². The van der Waals surface area contributed by atoms with Crippen molar-refractivity contribution >= 4 is 34.1 Å². The van der Waals surface area contributed by atoms with Gasteiger partial charge in [-0.25, -0.2) is 4.98 Å². The molecule has 7 nitrogen and oxygen atoms in total. The molecule has 0 unspecified atom stereocenters. The van der Waals surface area contributed by atoms with E-state index in [9.17, 15) is 9.59 Å². The number of carbonyl (C=O) groups is 2. The number of rotatable bonds is 8. The van der Waals surface area contributed by atoms with Gasteiger partial charge < -0.3 is 21.3 Å². The van der Waals surface area contributed by atoms with Crippen molar-refractivity contribution in [1.82, 2.24) is 15.6 Å². The molecular formula is C13H23N5O2S. The molecule has 0 bridgehead atoms. The Balaban J connectivity index is 2.60. The molecule has 1 heterocycles. The van der Waals surface area contributed by atoms with Crippen LogP contribution in [0.4, 0.5) is 10.9 Å². The molecule has 0 aliphatic carbocycles. The van der Waals surface area contributed by atoms with Gasteiger partial charge >= 0.3 is 0 Å². The number of thiazole rings is 1. The van der Waals surface area contributed by atoms with E-state index >= 15 is 0 Å². The van der Waals surface area contributed by atoms with E-state index in [0.29, 0.717) is 11.4 Å². The molecule has 0 atom stereocenters. The van der Waals surface area contributed by atoms with Crippen molar-refractivity contribution in [3.05, 3.63) is 4.88 Å². The van der Waals surface area contributed by atoms with Gasteiger partial charge in [-0.05, 0) is 20.8 Å². The Hall–Kier alpha value is -1.83. The smallest absolute Gasteiger partial charge is 0.265 e. The van der Waals surface area contributed by atoms with E-state index < -0.39 is 0 Å². The molecule has 0 saturated heterocycles. The van der Waals surface area contributed by atoms with Crippen LogP contribution in [0.5, 0.6) is 0 Å². The van der Waals surface area contributed by atoms with Gasteiger partial charge in [0.1, 0.15) is 10.7 Å². The number of nitrogen functional groups attached to an aromatic ring is 1. The van der Waals surface area contributed by atoms with Crippen molar-refractivity contribution in [2.75, 3.05) is 36.8 Å². The third-order valence-corrected chi connectivity index (χ3v) is 4.02. The second-order valence-corrected chi connectivity index (χ2v) is 5.32. The van der Waals surface area contributed by atoms with Crippen molar-refractivity contribution in [2.24, 2.45) is 0 Å². The van der Waals surface area contributed by atoms with Crippen LogP contribution in [0.3, 0.4) is 0 Å². The summed E-state index contributed by atoms with van der Waals surface area (Å²) in [5, 5.41) is 6.10. The first-order valence-electron chi connectivity index (χ1n) is 7.09. The van der Waals surface area contributed by atoms with Gasteiger partial charge in [-0.15, -0.1) is 0 Å². The van der Waals surface area contributed by atoms with Crippen LogP contribution in [0.2, 0.25) is 0 Å². The number of nitrogens with two attached hydrogens (primary N) is 1. The fourth-order valence-corrected chi connectivity index (χ4v) is 2.80. The summed E-state index contributed by atoms with van der Waals surface area (Å²) in [4.78, 5) is 30.0. The molecule has 1 rings (SSSR count). The van der Waals surface area contributed by atoms with E-state index in [1.807, 2.05) is 25.7 Å². The van der Waals surface area contributed by atoms with Crippen LogP contribution < -0.4 is 21.3 Å². The summed E-state index contributed by atoms with van der Waals surface area (Å²) in [6.07, 6.45) is 0.251. The molecule has 0 aliphatic heterocycles. The van der Waals surface area contributed by atoms with Crippen molar-refractivity contribution in [3.63, 3.8) is 0 Å². The van der Waals surface area contributed by atoms with Crippen LogP contribution in [-0.2, 0) is 4.79 Å². The van der Waals surface area contributed by atoms with Crippen molar-refractivity contribution in [3.8, 4) is 0 Å². The number of carbonyl (C=O) groups excluding carboxylic acids is 2. The molecule has 21 heavy (non-hydrogen) atoms. The Kier molecular flexibility index (Phi) is 6.93. The minimum Gasteiger partial charge on any atom is -0.382 e. The summed E-state index contributed by atoms with van der Waals surface area (Å²) in [5.74, 6) is -0.135. The quantitative estimate of drug-likeness (QED) is 0.660. The lowest BCUT2D eigenvalue weighted by Crippen LogP contribution is -2.30. The van der Waals surface area contributed by atoms with Gasteiger partial charge in [0.25, 0.3) is 5.91 Å². The molecule has 0 fully saturated rings. The van der Waals surface area contributed by atoms with Crippen LogP contribution >= 0.6 is 11.3 Å².